The van der Waals surface area contributed by atoms with E-state index >= 15 is 0 Å². The molecular weight excluding hydrogens is 326 g/mol. The molecule has 3 rings (SSSR count). The first kappa shape index (κ1) is 16.3. The fourth-order valence-corrected chi connectivity index (χ4v) is 2.64. The van der Waals surface area contributed by atoms with Crippen molar-refractivity contribution in [1.82, 2.24) is 25.3 Å². The van der Waals surface area contributed by atoms with Crippen LogP contribution in [0.15, 0.2) is 42.6 Å². The Bertz CT molecular complexity index is 837. The summed E-state index contributed by atoms with van der Waals surface area (Å²) >= 11 is 5.96. The molecule has 0 aliphatic rings. The molecular formula is C17H18ClN5O. The summed E-state index contributed by atoms with van der Waals surface area (Å²) < 4.78 is 1.71. The SMILES string of the molecule is Cc1cc(CC(=O)N[C@H](c2ccc(Cl)cc2)c2ccn(C)n2)n[nH]1. The molecule has 2 N–H and O–H groups in total. The minimum Gasteiger partial charge on any atom is -0.343 e. The van der Waals surface area contributed by atoms with Crippen molar-refractivity contribution in [3.63, 3.8) is 0 Å². The second kappa shape index (κ2) is 6.88. The van der Waals surface area contributed by atoms with Crippen molar-refractivity contribution in [3.05, 3.63) is 70.3 Å². The molecule has 2 aromatic heterocycles. The Morgan fingerprint density at radius 1 is 1.33 bits per heavy atom. The number of aromatic nitrogens is 4. The zero-order valence-corrected chi connectivity index (χ0v) is 14.2. The number of aromatic amines is 1. The first-order chi connectivity index (χ1) is 11.5. The number of aryl methyl sites for hydroxylation is 2. The fourth-order valence-electron chi connectivity index (χ4n) is 2.51. The first-order valence-corrected chi connectivity index (χ1v) is 7.94. The quantitative estimate of drug-likeness (QED) is 0.747. The Kier molecular flexibility index (Phi) is 4.66. The van der Waals surface area contributed by atoms with Gasteiger partial charge in [0.15, 0.2) is 0 Å². The summed E-state index contributed by atoms with van der Waals surface area (Å²) in [5.74, 6) is -0.118. The van der Waals surface area contributed by atoms with Crippen molar-refractivity contribution in [2.45, 2.75) is 19.4 Å². The Morgan fingerprint density at radius 2 is 2.08 bits per heavy atom. The van der Waals surface area contributed by atoms with Gasteiger partial charge < -0.3 is 5.32 Å². The van der Waals surface area contributed by atoms with Crippen molar-refractivity contribution in [3.8, 4) is 0 Å². The number of hydrogen-bond acceptors (Lipinski definition) is 3. The molecule has 7 heteroatoms. The number of rotatable bonds is 5. The molecule has 0 unspecified atom stereocenters. The van der Waals surface area contributed by atoms with Crippen LogP contribution in [0.5, 0.6) is 0 Å². The van der Waals surface area contributed by atoms with Gasteiger partial charge in [-0.05, 0) is 36.8 Å². The maximum atomic E-state index is 12.4. The van der Waals surface area contributed by atoms with Crippen molar-refractivity contribution in [2.75, 3.05) is 0 Å². The van der Waals surface area contributed by atoms with Gasteiger partial charge in [0.1, 0.15) is 0 Å². The highest BCUT2D eigenvalue weighted by atomic mass is 35.5. The lowest BCUT2D eigenvalue weighted by Gasteiger charge is -2.17. The minimum absolute atomic E-state index is 0.118. The summed E-state index contributed by atoms with van der Waals surface area (Å²) in [6, 6.07) is 10.8. The maximum absolute atomic E-state index is 12.4. The van der Waals surface area contributed by atoms with E-state index in [0.29, 0.717) is 10.7 Å². The van der Waals surface area contributed by atoms with Crippen LogP contribution in [0.25, 0.3) is 0 Å². The van der Waals surface area contributed by atoms with Gasteiger partial charge in [0.25, 0.3) is 0 Å². The third kappa shape index (κ3) is 3.83. The predicted molar refractivity (Wildman–Crippen MR) is 91.7 cm³/mol. The number of benzene rings is 1. The van der Waals surface area contributed by atoms with Crippen LogP contribution in [0.4, 0.5) is 0 Å². The average Bonchev–Trinajstić information content (AvgIpc) is 3.14. The molecule has 2 heterocycles. The van der Waals surface area contributed by atoms with Crippen LogP contribution in [0.3, 0.4) is 0 Å². The van der Waals surface area contributed by atoms with Crippen LogP contribution in [-0.4, -0.2) is 25.9 Å². The van der Waals surface area contributed by atoms with Gasteiger partial charge in [-0.2, -0.15) is 10.2 Å². The van der Waals surface area contributed by atoms with E-state index in [0.717, 1.165) is 17.0 Å². The Balaban J connectivity index is 1.81. The highest BCUT2D eigenvalue weighted by Gasteiger charge is 2.20. The van der Waals surface area contributed by atoms with Gasteiger partial charge in [-0.1, -0.05) is 23.7 Å². The first-order valence-electron chi connectivity index (χ1n) is 7.56. The number of halogens is 1. The van der Waals surface area contributed by atoms with Crippen LogP contribution < -0.4 is 5.32 Å². The molecule has 0 radical (unpaired) electrons. The smallest absolute Gasteiger partial charge is 0.226 e. The molecule has 0 aliphatic carbocycles. The van der Waals surface area contributed by atoms with Crippen LogP contribution in [0, 0.1) is 6.92 Å². The van der Waals surface area contributed by atoms with Crippen LogP contribution >= 0.6 is 11.6 Å². The summed E-state index contributed by atoms with van der Waals surface area (Å²) in [4.78, 5) is 12.4. The predicted octanol–water partition coefficient (Wildman–Crippen LogP) is 2.55. The molecule has 124 valence electrons. The van der Waals surface area contributed by atoms with Gasteiger partial charge in [-0.25, -0.2) is 0 Å². The van der Waals surface area contributed by atoms with E-state index in [4.69, 9.17) is 11.6 Å². The fraction of sp³-hybridized carbons (Fsp3) is 0.235. The lowest BCUT2D eigenvalue weighted by Crippen LogP contribution is -2.31. The standard InChI is InChI=1S/C17H18ClN5O/c1-11-9-14(21-20-11)10-16(24)19-17(15-7-8-23(2)22-15)12-3-5-13(18)6-4-12/h3-9,17H,10H2,1-2H3,(H,19,24)(H,20,21)/t17-/m1/s1. The Hall–Kier alpha value is -2.60. The molecule has 24 heavy (non-hydrogen) atoms. The Labute approximate surface area is 144 Å². The van der Waals surface area contributed by atoms with Crippen molar-refractivity contribution in [1.29, 1.82) is 0 Å². The van der Waals surface area contributed by atoms with Crippen LogP contribution in [0.1, 0.15) is 28.7 Å². The second-order valence-electron chi connectivity index (χ2n) is 5.69. The van der Waals surface area contributed by atoms with Crippen molar-refractivity contribution >= 4 is 17.5 Å². The largest absolute Gasteiger partial charge is 0.343 e. The van der Waals surface area contributed by atoms with Gasteiger partial charge in [-0.3, -0.25) is 14.6 Å². The molecule has 0 spiro atoms. The molecule has 6 nitrogen and oxygen atoms in total. The molecule has 1 atom stereocenters. The van der Waals surface area contributed by atoms with E-state index in [2.05, 4.69) is 20.6 Å². The average molecular weight is 344 g/mol. The number of carbonyl (C=O) groups excluding carboxylic acids is 1. The van der Waals surface area contributed by atoms with Crippen molar-refractivity contribution < 1.29 is 4.79 Å². The van der Waals surface area contributed by atoms with E-state index in [-0.39, 0.29) is 18.4 Å². The number of amides is 1. The van der Waals surface area contributed by atoms with Crippen LogP contribution in [0.2, 0.25) is 5.02 Å². The molecule has 0 fully saturated rings. The zero-order chi connectivity index (χ0) is 17.1. The number of carbonyl (C=O) groups is 1. The van der Waals surface area contributed by atoms with Gasteiger partial charge >= 0.3 is 0 Å². The van der Waals surface area contributed by atoms with E-state index < -0.39 is 0 Å². The summed E-state index contributed by atoms with van der Waals surface area (Å²) in [6.45, 7) is 1.90. The minimum atomic E-state index is -0.337. The number of nitrogens with one attached hydrogen (secondary N) is 2. The summed E-state index contributed by atoms with van der Waals surface area (Å²) in [5.41, 5.74) is 3.33. The number of hydrogen-bond donors (Lipinski definition) is 2. The maximum Gasteiger partial charge on any atom is 0.226 e. The molecule has 0 bridgehead atoms. The zero-order valence-electron chi connectivity index (χ0n) is 13.5. The third-order valence-electron chi connectivity index (χ3n) is 3.64. The van der Waals surface area contributed by atoms with Crippen LogP contribution in [-0.2, 0) is 18.3 Å². The highest BCUT2D eigenvalue weighted by Crippen LogP contribution is 2.22. The van der Waals surface area contributed by atoms with E-state index in [1.807, 2.05) is 44.4 Å². The molecule has 3 aromatic rings. The molecule has 0 saturated carbocycles. The summed E-state index contributed by atoms with van der Waals surface area (Å²) in [5, 5.41) is 15.0. The normalized spacial score (nSPS) is 12.1. The third-order valence-corrected chi connectivity index (χ3v) is 3.89. The van der Waals surface area contributed by atoms with E-state index in [1.54, 1.807) is 16.8 Å². The molecule has 0 aliphatic heterocycles. The topological polar surface area (TPSA) is 75.6 Å². The number of H-pyrrole nitrogens is 1. The van der Waals surface area contributed by atoms with E-state index in [1.165, 1.54) is 0 Å². The van der Waals surface area contributed by atoms with Gasteiger partial charge in [0.05, 0.1) is 23.9 Å². The number of nitrogens with zero attached hydrogens (tertiary/aromatic N) is 3. The van der Waals surface area contributed by atoms with Gasteiger partial charge in [0, 0.05) is 24.0 Å². The van der Waals surface area contributed by atoms with E-state index in [9.17, 15) is 4.79 Å². The summed E-state index contributed by atoms with van der Waals surface area (Å²) in [6.07, 6.45) is 2.06. The Morgan fingerprint density at radius 3 is 2.67 bits per heavy atom. The summed E-state index contributed by atoms with van der Waals surface area (Å²) in [7, 11) is 1.84. The molecule has 1 aromatic carbocycles. The molecule has 1 amide bonds. The second-order valence-corrected chi connectivity index (χ2v) is 6.12. The lowest BCUT2D eigenvalue weighted by molar-refractivity contribution is -0.121. The van der Waals surface area contributed by atoms with Crippen molar-refractivity contribution in [2.24, 2.45) is 7.05 Å². The van der Waals surface area contributed by atoms with Gasteiger partial charge in [0.2, 0.25) is 5.91 Å². The highest BCUT2D eigenvalue weighted by molar-refractivity contribution is 6.30. The molecule has 0 saturated heterocycles. The monoisotopic (exact) mass is 343 g/mol. The lowest BCUT2D eigenvalue weighted by atomic mass is 10.0. The van der Waals surface area contributed by atoms with Gasteiger partial charge in [-0.15, -0.1) is 0 Å².